The van der Waals surface area contributed by atoms with Crippen LogP contribution < -0.4 is 5.32 Å². The Balaban J connectivity index is 1.54. The van der Waals surface area contributed by atoms with Crippen molar-refractivity contribution in [2.45, 2.75) is 32.7 Å². The molecule has 10 heteroatoms. The summed E-state index contributed by atoms with van der Waals surface area (Å²) in [7, 11) is 1.34. The number of esters is 1. The minimum atomic E-state index is -0.793. The van der Waals surface area contributed by atoms with E-state index in [1.54, 1.807) is 50.4 Å². The Labute approximate surface area is 212 Å². The van der Waals surface area contributed by atoms with Crippen LogP contribution >= 0.6 is 0 Å². The minimum absolute atomic E-state index is 0.0251. The zero-order valence-corrected chi connectivity index (χ0v) is 20.5. The van der Waals surface area contributed by atoms with Crippen LogP contribution in [0.15, 0.2) is 76.6 Å². The maximum atomic E-state index is 13.4. The van der Waals surface area contributed by atoms with Gasteiger partial charge in [0.25, 0.3) is 5.91 Å². The third-order valence-corrected chi connectivity index (χ3v) is 6.69. The molecule has 0 fully saturated rings. The summed E-state index contributed by atoms with van der Waals surface area (Å²) in [6.45, 7) is 3.51. The molecule has 2 aliphatic heterocycles. The first-order valence-electron chi connectivity index (χ1n) is 11.7. The molecule has 0 aliphatic carbocycles. The number of hydrogen-bond donors (Lipinski definition) is 2. The van der Waals surface area contributed by atoms with E-state index in [1.807, 2.05) is 28.8 Å². The van der Waals surface area contributed by atoms with Crippen molar-refractivity contribution in [2.75, 3.05) is 7.11 Å². The van der Waals surface area contributed by atoms with Crippen molar-refractivity contribution in [3.05, 3.63) is 82.6 Å². The number of ether oxygens (including phenoxy) is 1. The van der Waals surface area contributed by atoms with Crippen molar-refractivity contribution in [2.24, 2.45) is 5.11 Å². The highest BCUT2D eigenvalue weighted by Crippen LogP contribution is 2.34. The molecule has 0 saturated heterocycles. The number of nitrogens with one attached hydrogen (secondary N) is 1. The fourth-order valence-corrected chi connectivity index (χ4v) is 4.71. The summed E-state index contributed by atoms with van der Waals surface area (Å²) >= 11 is 0. The summed E-state index contributed by atoms with van der Waals surface area (Å²) < 4.78 is 7.99. The van der Waals surface area contributed by atoms with Crippen molar-refractivity contribution in [1.29, 1.82) is 0 Å². The molecule has 2 atom stereocenters. The highest BCUT2D eigenvalue weighted by molar-refractivity contribution is 6.09. The SMILES string of the molecule is COC(=O)C(C)n1cc(C=C2C(=O)NC3N=[N+](c4ccc(COO)cc4)C(=O)C3=C2C)c2ccccc21. The number of para-hydroxylation sites is 1. The average molecular weight is 502 g/mol. The molecule has 2 N–H and O–H groups in total. The number of nitrogens with zero attached hydrogens (tertiary/aromatic N) is 3. The number of hydrogen-bond acceptors (Lipinski definition) is 7. The molecule has 1 aromatic heterocycles. The molecule has 0 spiro atoms. The van der Waals surface area contributed by atoms with Crippen LogP contribution in [-0.2, 0) is 30.6 Å². The van der Waals surface area contributed by atoms with Crippen molar-refractivity contribution in [3.63, 3.8) is 0 Å². The lowest BCUT2D eigenvalue weighted by Crippen LogP contribution is -2.40. The first-order chi connectivity index (χ1) is 17.8. The van der Waals surface area contributed by atoms with Crippen LogP contribution in [0.3, 0.4) is 0 Å². The molecule has 0 bridgehead atoms. The van der Waals surface area contributed by atoms with E-state index < -0.39 is 12.2 Å². The Kier molecular flexibility index (Phi) is 6.28. The fourth-order valence-electron chi connectivity index (χ4n) is 4.71. The zero-order valence-electron chi connectivity index (χ0n) is 20.5. The first-order valence-corrected chi connectivity index (χ1v) is 11.7. The fraction of sp³-hybridized carbons (Fsp3) is 0.222. The Morgan fingerprint density at radius 2 is 1.95 bits per heavy atom. The predicted octanol–water partition coefficient (Wildman–Crippen LogP) is 3.86. The number of methoxy groups -OCH3 is 1. The third kappa shape index (κ3) is 4.15. The predicted molar refractivity (Wildman–Crippen MR) is 132 cm³/mol. The maximum Gasteiger partial charge on any atom is 0.450 e. The van der Waals surface area contributed by atoms with Gasteiger partial charge < -0.3 is 14.6 Å². The van der Waals surface area contributed by atoms with Crippen LogP contribution in [0.1, 0.15) is 31.0 Å². The normalized spacial score (nSPS) is 19.2. The molecule has 37 heavy (non-hydrogen) atoms. The molecule has 0 radical (unpaired) electrons. The lowest BCUT2D eigenvalue weighted by atomic mass is 9.93. The molecule has 2 aliphatic rings. The smallest absolute Gasteiger partial charge is 0.450 e. The van der Waals surface area contributed by atoms with E-state index in [4.69, 9.17) is 9.99 Å². The number of fused-ring (bicyclic) bond motifs is 2. The first kappa shape index (κ1) is 24.3. The molecular weight excluding hydrogens is 476 g/mol. The highest BCUT2D eigenvalue weighted by atomic mass is 17.1. The molecule has 2 unspecified atom stereocenters. The van der Waals surface area contributed by atoms with E-state index in [2.05, 4.69) is 15.3 Å². The van der Waals surface area contributed by atoms with Gasteiger partial charge in [0.1, 0.15) is 18.2 Å². The van der Waals surface area contributed by atoms with Crippen molar-refractivity contribution in [3.8, 4) is 0 Å². The van der Waals surface area contributed by atoms with Gasteiger partial charge in [-0.1, -0.05) is 18.2 Å². The lowest BCUT2D eigenvalue weighted by Gasteiger charge is -2.18. The number of azo groups is 2. The molecule has 2 aromatic carbocycles. The Bertz CT molecular complexity index is 1530. The average Bonchev–Trinajstić information content (AvgIpc) is 3.43. The molecule has 0 saturated carbocycles. The van der Waals surface area contributed by atoms with E-state index in [1.165, 1.54) is 11.8 Å². The van der Waals surface area contributed by atoms with Crippen LogP contribution in [0.4, 0.5) is 5.69 Å². The summed E-state index contributed by atoms with van der Waals surface area (Å²) in [5.41, 5.74) is 4.08. The van der Waals surface area contributed by atoms with Gasteiger partial charge in [0.15, 0.2) is 0 Å². The van der Waals surface area contributed by atoms with E-state index in [-0.39, 0.29) is 24.4 Å². The summed E-state index contributed by atoms with van der Waals surface area (Å²) in [4.78, 5) is 42.8. The van der Waals surface area contributed by atoms with Crippen LogP contribution in [0, 0.1) is 0 Å². The maximum absolute atomic E-state index is 13.4. The molecule has 3 heterocycles. The number of rotatable bonds is 6. The second kappa shape index (κ2) is 9.57. The Morgan fingerprint density at radius 3 is 2.65 bits per heavy atom. The third-order valence-electron chi connectivity index (χ3n) is 6.69. The van der Waals surface area contributed by atoms with Crippen LogP contribution in [0.2, 0.25) is 0 Å². The molecule has 2 amide bonds. The molecule has 3 aromatic rings. The number of aromatic nitrogens is 1. The molecular formula is C27H25N4O6+. The number of carbonyl (C=O) groups is 3. The summed E-state index contributed by atoms with van der Waals surface area (Å²) in [5, 5.41) is 16.7. The zero-order chi connectivity index (χ0) is 26.3. The monoisotopic (exact) mass is 501 g/mol. The molecule has 10 nitrogen and oxygen atoms in total. The topological polar surface area (TPSA) is 122 Å². The minimum Gasteiger partial charge on any atom is -0.467 e. The summed E-state index contributed by atoms with van der Waals surface area (Å²) in [5.74, 6) is -1.06. The van der Waals surface area contributed by atoms with Crippen molar-refractivity contribution < 1.29 is 34.0 Å². The van der Waals surface area contributed by atoms with Gasteiger partial charge in [0.05, 0.1) is 7.11 Å². The van der Waals surface area contributed by atoms with E-state index in [0.29, 0.717) is 22.4 Å². The van der Waals surface area contributed by atoms with Crippen LogP contribution in [0.5, 0.6) is 0 Å². The van der Waals surface area contributed by atoms with E-state index in [0.717, 1.165) is 22.0 Å². The van der Waals surface area contributed by atoms with Crippen LogP contribution in [-0.4, -0.2) is 45.6 Å². The highest BCUT2D eigenvalue weighted by Gasteiger charge is 2.47. The number of amides is 2. The van der Waals surface area contributed by atoms with Gasteiger partial charge in [-0.05, 0) is 54.0 Å². The Morgan fingerprint density at radius 1 is 1.22 bits per heavy atom. The van der Waals surface area contributed by atoms with Gasteiger partial charge in [0, 0.05) is 45.5 Å². The number of carbonyl (C=O) groups excluding carboxylic acids is 3. The van der Waals surface area contributed by atoms with Crippen molar-refractivity contribution in [1.82, 2.24) is 9.88 Å². The molecule has 5 rings (SSSR count). The molecule has 188 valence electrons. The quantitative estimate of drug-likeness (QED) is 0.174. The van der Waals surface area contributed by atoms with Crippen LogP contribution in [0.25, 0.3) is 17.0 Å². The van der Waals surface area contributed by atoms with E-state index >= 15 is 0 Å². The Hall–Kier alpha value is -4.41. The van der Waals surface area contributed by atoms with Gasteiger partial charge in [-0.2, -0.15) is 0 Å². The summed E-state index contributed by atoms with van der Waals surface area (Å²) in [6, 6.07) is 13.8. The van der Waals surface area contributed by atoms with Gasteiger partial charge in [0.2, 0.25) is 11.9 Å². The standard InChI is InChI=1S/C27H24N4O6/c1-15-21(12-18-13-30(16(2)27(34)36-3)22-7-5-4-6-20(18)22)25(32)28-24-23(15)26(33)31(29-24)19-10-8-17(9-11-19)14-37-35/h4-13,16,24H,14H2,1-3H3,(H-,28,32,35)/p+1. The second-order valence-electron chi connectivity index (χ2n) is 8.85. The van der Waals surface area contributed by atoms with Gasteiger partial charge >= 0.3 is 11.9 Å². The van der Waals surface area contributed by atoms with Crippen molar-refractivity contribution >= 4 is 40.4 Å². The lowest BCUT2D eigenvalue weighted by molar-refractivity contribution is -0.423. The van der Waals surface area contributed by atoms with Gasteiger partial charge in [-0.25, -0.2) is 14.5 Å². The summed E-state index contributed by atoms with van der Waals surface area (Å²) in [6.07, 6.45) is 2.75. The van der Waals surface area contributed by atoms with Gasteiger partial charge in [-0.3, -0.25) is 10.1 Å². The second-order valence-corrected chi connectivity index (χ2v) is 8.85. The van der Waals surface area contributed by atoms with Gasteiger partial charge in [-0.15, -0.1) is 0 Å². The van der Waals surface area contributed by atoms with E-state index in [9.17, 15) is 14.4 Å². The largest absolute Gasteiger partial charge is 0.467 e. The number of benzene rings is 2.